The van der Waals surface area contributed by atoms with Crippen molar-refractivity contribution in [2.24, 2.45) is 0 Å². The Hall–Kier alpha value is -2.64. The topological polar surface area (TPSA) is 63.7 Å². The van der Waals surface area contributed by atoms with Crippen molar-refractivity contribution in [2.75, 3.05) is 0 Å². The fourth-order valence-corrected chi connectivity index (χ4v) is 1.40. The van der Waals surface area contributed by atoms with Crippen molar-refractivity contribution < 1.29 is 17.9 Å². The highest BCUT2D eigenvalue weighted by molar-refractivity contribution is 5.83. The zero-order valence-corrected chi connectivity index (χ0v) is 10.0. The second-order valence-corrected chi connectivity index (χ2v) is 3.53. The van der Waals surface area contributed by atoms with E-state index in [0.29, 0.717) is 5.39 Å². The number of para-hydroxylation sites is 1. The lowest BCUT2D eigenvalue weighted by molar-refractivity contribution is -0.274. The van der Waals surface area contributed by atoms with E-state index in [1.165, 1.54) is 18.3 Å². The zero-order valence-electron chi connectivity index (χ0n) is 10.0. The molecule has 2 heterocycles. The molecule has 0 aliphatic carbocycles. The summed E-state index contributed by atoms with van der Waals surface area (Å²) in [7, 11) is 0. The first-order valence-corrected chi connectivity index (χ1v) is 5.44. The van der Waals surface area contributed by atoms with Crippen LogP contribution in [-0.2, 0) is 0 Å². The predicted octanol–water partition coefficient (Wildman–Crippen LogP) is 2.94. The molecule has 0 aliphatic heterocycles. The molecule has 20 heavy (non-hydrogen) atoms. The molecule has 0 saturated carbocycles. The van der Waals surface area contributed by atoms with Crippen LogP contribution in [0.1, 0.15) is 0 Å². The van der Waals surface area contributed by atoms with Crippen LogP contribution in [-0.4, -0.2) is 26.5 Å². The number of rotatable bonds is 1. The number of hydrogen-bond acceptors (Lipinski definition) is 4. The highest BCUT2D eigenvalue weighted by atomic mass is 19.4. The summed E-state index contributed by atoms with van der Waals surface area (Å²) in [5, 5.41) is 6.63. The van der Waals surface area contributed by atoms with E-state index in [1.54, 1.807) is 30.9 Å². The van der Waals surface area contributed by atoms with Crippen LogP contribution in [0.4, 0.5) is 13.2 Å². The normalized spacial score (nSPS) is 10.8. The molecule has 0 bridgehead atoms. The van der Waals surface area contributed by atoms with Gasteiger partial charge in [0.2, 0.25) is 0 Å². The van der Waals surface area contributed by atoms with E-state index >= 15 is 0 Å². The van der Waals surface area contributed by atoms with Gasteiger partial charge in [0.15, 0.2) is 5.75 Å². The molecule has 8 heteroatoms. The Morgan fingerprint density at radius 1 is 1.00 bits per heavy atom. The number of nitrogens with one attached hydrogen (secondary N) is 1. The second-order valence-electron chi connectivity index (χ2n) is 3.53. The highest BCUT2D eigenvalue weighted by Gasteiger charge is 2.31. The third kappa shape index (κ3) is 3.94. The Morgan fingerprint density at radius 2 is 1.65 bits per heavy atom. The number of aromatic nitrogens is 4. The molecule has 0 radical (unpaired) electrons. The van der Waals surface area contributed by atoms with Crippen molar-refractivity contribution in [3.8, 4) is 5.75 Å². The second kappa shape index (κ2) is 6.00. The van der Waals surface area contributed by atoms with Gasteiger partial charge in [0.25, 0.3) is 0 Å². The molecule has 0 unspecified atom stereocenters. The number of alkyl halides is 3. The summed E-state index contributed by atoms with van der Waals surface area (Å²) >= 11 is 0. The number of hydrogen-bond donors (Lipinski definition) is 1. The van der Waals surface area contributed by atoms with Gasteiger partial charge in [0.05, 0.1) is 6.20 Å². The Balaban J connectivity index is 0.000000205. The van der Waals surface area contributed by atoms with Crippen molar-refractivity contribution >= 4 is 10.9 Å². The van der Waals surface area contributed by atoms with Crippen molar-refractivity contribution in [1.82, 2.24) is 20.2 Å². The molecular formula is C12H9F3N4O. The summed E-state index contributed by atoms with van der Waals surface area (Å²) < 4.78 is 39.6. The average molecular weight is 282 g/mol. The molecule has 1 N–H and O–H groups in total. The zero-order chi connectivity index (χ0) is 14.4. The molecule has 104 valence electrons. The lowest BCUT2D eigenvalue weighted by atomic mass is 10.2. The average Bonchev–Trinajstić information content (AvgIpc) is 2.89. The summed E-state index contributed by atoms with van der Waals surface area (Å²) in [6.07, 6.45) is 3.30. The minimum absolute atomic E-state index is 0.241. The van der Waals surface area contributed by atoms with Gasteiger partial charge < -0.3 is 4.74 Å². The lowest BCUT2D eigenvalue weighted by Crippen LogP contribution is -2.17. The van der Waals surface area contributed by atoms with Crippen molar-refractivity contribution in [2.45, 2.75) is 6.36 Å². The Labute approximate surface area is 111 Å². The molecule has 1 aromatic carbocycles. The van der Waals surface area contributed by atoms with Gasteiger partial charge in [-0.15, -0.1) is 13.2 Å². The molecule has 0 atom stereocenters. The van der Waals surface area contributed by atoms with Crippen LogP contribution in [0.15, 0.2) is 49.2 Å². The lowest BCUT2D eigenvalue weighted by Gasteiger charge is -2.08. The van der Waals surface area contributed by atoms with Crippen LogP contribution in [0.5, 0.6) is 5.75 Å². The van der Waals surface area contributed by atoms with Gasteiger partial charge in [0, 0.05) is 30.2 Å². The van der Waals surface area contributed by atoms with Crippen LogP contribution in [0.25, 0.3) is 10.9 Å². The van der Waals surface area contributed by atoms with Crippen LogP contribution in [0.2, 0.25) is 0 Å². The van der Waals surface area contributed by atoms with Crippen molar-refractivity contribution in [1.29, 1.82) is 0 Å². The van der Waals surface area contributed by atoms with Gasteiger partial charge in [-0.3, -0.25) is 15.1 Å². The van der Waals surface area contributed by atoms with E-state index in [-0.39, 0.29) is 11.3 Å². The number of ether oxygens (including phenoxy) is 1. The first-order chi connectivity index (χ1) is 9.56. The number of nitrogens with zero attached hydrogens (tertiary/aromatic N) is 3. The minimum atomic E-state index is -4.68. The molecule has 0 fully saturated rings. The molecule has 2 aromatic heterocycles. The van der Waals surface area contributed by atoms with Crippen molar-refractivity contribution in [3.05, 3.63) is 49.2 Å². The number of halogens is 3. The molecule has 0 spiro atoms. The first-order valence-electron chi connectivity index (χ1n) is 5.44. The summed E-state index contributed by atoms with van der Waals surface area (Å²) in [6.45, 7) is 0. The third-order valence-electron chi connectivity index (χ3n) is 2.14. The van der Waals surface area contributed by atoms with Crippen LogP contribution >= 0.6 is 0 Å². The standard InChI is InChI=1S/C8H5F3N2O.C4H4N2/c9-8(10,11)14-6-3-1-2-5-4-12-13-7(5)6;1-2-6-4-3-5-1/h1-4H,(H,12,13);1-4H. The Kier molecular flexibility index (Phi) is 4.14. The SMILES string of the molecule is FC(F)(F)Oc1cccc2cn[nH]c12.c1cnccn1. The summed E-state index contributed by atoms with van der Waals surface area (Å²) in [5.74, 6) is -0.271. The van der Waals surface area contributed by atoms with E-state index in [1.807, 2.05) is 0 Å². The maximum absolute atomic E-state index is 11.9. The highest BCUT2D eigenvalue weighted by Crippen LogP contribution is 2.28. The molecule has 0 amide bonds. The maximum atomic E-state index is 11.9. The smallest absolute Gasteiger partial charge is 0.403 e. The number of aromatic amines is 1. The predicted molar refractivity (Wildman–Crippen MR) is 64.8 cm³/mol. The number of benzene rings is 1. The van der Waals surface area contributed by atoms with E-state index in [2.05, 4.69) is 24.9 Å². The fourth-order valence-electron chi connectivity index (χ4n) is 1.40. The van der Waals surface area contributed by atoms with Gasteiger partial charge in [-0.2, -0.15) is 5.10 Å². The van der Waals surface area contributed by atoms with Crippen molar-refractivity contribution in [3.63, 3.8) is 0 Å². The summed E-state index contributed by atoms with van der Waals surface area (Å²) in [4.78, 5) is 7.44. The van der Waals surface area contributed by atoms with E-state index in [0.717, 1.165) is 0 Å². The Morgan fingerprint density at radius 3 is 2.20 bits per heavy atom. The molecular weight excluding hydrogens is 273 g/mol. The van der Waals surface area contributed by atoms with E-state index in [9.17, 15) is 13.2 Å². The van der Waals surface area contributed by atoms with Gasteiger partial charge in [-0.1, -0.05) is 12.1 Å². The van der Waals surface area contributed by atoms with Gasteiger partial charge >= 0.3 is 6.36 Å². The van der Waals surface area contributed by atoms with Gasteiger partial charge in [-0.05, 0) is 6.07 Å². The van der Waals surface area contributed by atoms with Gasteiger partial charge in [0.1, 0.15) is 5.52 Å². The summed E-state index contributed by atoms with van der Waals surface area (Å²) in [6, 6.07) is 4.34. The minimum Gasteiger partial charge on any atom is -0.403 e. The van der Waals surface area contributed by atoms with E-state index in [4.69, 9.17) is 0 Å². The first kappa shape index (κ1) is 13.8. The Bertz CT molecular complexity index is 628. The molecule has 5 nitrogen and oxygen atoms in total. The van der Waals surface area contributed by atoms with Crippen LogP contribution in [0, 0.1) is 0 Å². The summed E-state index contributed by atoms with van der Waals surface area (Å²) in [5.41, 5.74) is 0.241. The van der Waals surface area contributed by atoms with Crippen LogP contribution < -0.4 is 4.74 Å². The fraction of sp³-hybridized carbons (Fsp3) is 0.0833. The van der Waals surface area contributed by atoms with Gasteiger partial charge in [-0.25, -0.2) is 0 Å². The largest absolute Gasteiger partial charge is 0.573 e. The quantitative estimate of drug-likeness (QED) is 0.745. The third-order valence-corrected chi connectivity index (χ3v) is 2.14. The molecule has 0 aliphatic rings. The molecule has 3 rings (SSSR count). The molecule has 3 aromatic rings. The maximum Gasteiger partial charge on any atom is 0.573 e. The number of H-pyrrole nitrogens is 1. The van der Waals surface area contributed by atoms with E-state index < -0.39 is 6.36 Å². The monoisotopic (exact) mass is 282 g/mol. The molecule has 0 saturated heterocycles. The number of fused-ring (bicyclic) bond motifs is 1. The van der Waals surface area contributed by atoms with Crippen LogP contribution in [0.3, 0.4) is 0 Å².